The van der Waals surface area contributed by atoms with Gasteiger partial charge >= 0.3 is 0 Å². The summed E-state index contributed by atoms with van der Waals surface area (Å²) < 4.78 is 2.34. The topological polar surface area (TPSA) is 3.88 Å². The van der Waals surface area contributed by atoms with Crippen molar-refractivity contribution in [3.05, 3.63) is 30.1 Å². The van der Waals surface area contributed by atoms with Gasteiger partial charge in [-0.15, -0.1) is 0 Å². The molecule has 0 N–H and O–H groups in total. The highest BCUT2D eigenvalue weighted by Gasteiger charge is 2.03. The van der Waals surface area contributed by atoms with E-state index in [2.05, 4.69) is 49.9 Å². The normalized spacial score (nSPS) is 11.4. The maximum atomic E-state index is 2.34. The van der Waals surface area contributed by atoms with Gasteiger partial charge in [-0.3, -0.25) is 0 Å². The Kier molecular flexibility index (Phi) is 14.6. The molecule has 0 fully saturated rings. The lowest BCUT2D eigenvalue weighted by atomic mass is 10.0. The molecule has 26 heavy (non-hydrogen) atoms. The highest BCUT2D eigenvalue weighted by atomic mass is 14.9. The van der Waals surface area contributed by atoms with Crippen LogP contribution in [0.15, 0.2) is 24.5 Å². The maximum absolute atomic E-state index is 2.34. The SMILES string of the molecule is CCCCCCCCCCCCCCCCC[n+]1ccc(C(C)C)cc1. The molecule has 0 amide bonds. The Balaban J connectivity index is 1.82. The Bertz CT molecular complexity index is 407. The van der Waals surface area contributed by atoms with Crippen LogP contribution in [0.2, 0.25) is 0 Å². The smallest absolute Gasteiger partial charge is 0.169 e. The van der Waals surface area contributed by atoms with E-state index in [-0.39, 0.29) is 0 Å². The van der Waals surface area contributed by atoms with Gasteiger partial charge in [-0.05, 0) is 17.9 Å². The van der Waals surface area contributed by atoms with Crippen molar-refractivity contribution in [2.24, 2.45) is 0 Å². The third-order valence-electron chi connectivity index (χ3n) is 5.60. The first-order valence-electron chi connectivity index (χ1n) is 11.7. The third kappa shape index (κ3) is 12.5. The van der Waals surface area contributed by atoms with Crippen molar-refractivity contribution in [3.63, 3.8) is 0 Å². The van der Waals surface area contributed by atoms with E-state index in [1.165, 1.54) is 108 Å². The van der Waals surface area contributed by atoms with E-state index in [9.17, 15) is 0 Å². The van der Waals surface area contributed by atoms with Crippen LogP contribution in [0.3, 0.4) is 0 Å². The minimum atomic E-state index is 0.635. The molecule has 0 aliphatic carbocycles. The van der Waals surface area contributed by atoms with Crippen LogP contribution in [0, 0.1) is 0 Å². The van der Waals surface area contributed by atoms with Crippen molar-refractivity contribution in [3.8, 4) is 0 Å². The monoisotopic (exact) mass is 360 g/mol. The lowest BCUT2D eigenvalue weighted by Crippen LogP contribution is -2.32. The van der Waals surface area contributed by atoms with Gasteiger partial charge in [0, 0.05) is 18.6 Å². The van der Waals surface area contributed by atoms with Gasteiger partial charge in [0.2, 0.25) is 0 Å². The van der Waals surface area contributed by atoms with Gasteiger partial charge in [0.05, 0.1) is 0 Å². The van der Waals surface area contributed by atoms with Crippen LogP contribution in [-0.4, -0.2) is 0 Å². The molecule has 1 nitrogen and oxygen atoms in total. The molecule has 1 heteroatoms. The number of aromatic nitrogens is 1. The van der Waals surface area contributed by atoms with E-state index in [4.69, 9.17) is 0 Å². The van der Waals surface area contributed by atoms with E-state index in [1.54, 1.807) is 0 Å². The summed E-state index contributed by atoms with van der Waals surface area (Å²) in [6.45, 7) is 7.99. The first-order valence-corrected chi connectivity index (χ1v) is 11.7. The van der Waals surface area contributed by atoms with Gasteiger partial charge in [-0.1, -0.05) is 104 Å². The zero-order valence-electron chi connectivity index (χ0n) is 18.1. The number of unbranched alkanes of at least 4 members (excludes halogenated alkanes) is 14. The summed E-state index contributed by atoms with van der Waals surface area (Å²) in [5, 5.41) is 0. The second-order valence-electron chi connectivity index (χ2n) is 8.47. The van der Waals surface area contributed by atoms with Gasteiger partial charge in [0.25, 0.3) is 0 Å². The second kappa shape index (κ2) is 16.3. The number of nitrogens with zero attached hydrogens (tertiary/aromatic N) is 1. The molecule has 0 saturated heterocycles. The first kappa shape index (κ1) is 23.2. The zero-order chi connectivity index (χ0) is 18.9. The average molecular weight is 361 g/mol. The molecule has 0 spiro atoms. The Morgan fingerprint density at radius 3 is 1.38 bits per heavy atom. The highest BCUT2D eigenvalue weighted by molar-refractivity contribution is 5.11. The Labute approximate surface area is 164 Å². The van der Waals surface area contributed by atoms with Crippen molar-refractivity contribution < 1.29 is 4.57 Å². The molecule has 0 aliphatic rings. The van der Waals surface area contributed by atoms with E-state index < -0.39 is 0 Å². The number of rotatable bonds is 17. The summed E-state index contributed by atoms with van der Waals surface area (Å²) in [5.41, 5.74) is 1.44. The molecule has 1 heterocycles. The maximum Gasteiger partial charge on any atom is 0.169 e. The summed E-state index contributed by atoms with van der Waals surface area (Å²) in [6.07, 6.45) is 26.0. The number of aryl methyl sites for hydroxylation is 1. The number of hydrogen-bond acceptors (Lipinski definition) is 0. The van der Waals surface area contributed by atoms with Crippen LogP contribution < -0.4 is 4.57 Å². The fourth-order valence-corrected chi connectivity index (χ4v) is 3.67. The molecule has 0 aliphatic heterocycles. The largest absolute Gasteiger partial charge is 0.205 e. The van der Waals surface area contributed by atoms with Crippen molar-refractivity contribution in [2.45, 2.75) is 130 Å². The molecule has 0 unspecified atom stereocenters. The molecule has 1 aromatic rings. The molecule has 150 valence electrons. The van der Waals surface area contributed by atoms with Gasteiger partial charge in [0.15, 0.2) is 12.4 Å². The number of hydrogen-bond donors (Lipinski definition) is 0. The van der Waals surface area contributed by atoms with E-state index in [1.807, 2.05) is 0 Å². The van der Waals surface area contributed by atoms with E-state index in [0.717, 1.165) is 0 Å². The molecule has 1 aromatic heterocycles. The van der Waals surface area contributed by atoms with Gasteiger partial charge in [-0.25, -0.2) is 4.57 Å². The Hall–Kier alpha value is -0.850. The standard InChI is InChI=1S/C25H46N/c1-4-5-6-7-8-9-10-11-12-13-14-15-16-17-18-21-26-22-19-25(20-23-26)24(2)3/h19-20,22-24H,4-18,21H2,1-3H3/q+1. The van der Waals surface area contributed by atoms with E-state index >= 15 is 0 Å². The molecule has 0 aromatic carbocycles. The van der Waals surface area contributed by atoms with Crippen LogP contribution in [0.25, 0.3) is 0 Å². The summed E-state index contributed by atoms with van der Waals surface area (Å²) in [6, 6.07) is 4.55. The van der Waals surface area contributed by atoms with Crippen LogP contribution in [0.5, 0.6) is 0 Å². The lowest BCUT2D eigenvalue weighted by molar-refractivity contribution is -0.697. The molecule has 0 atom stereocenters. The predicted molar refractivity (Wildman–Crippen MR) is 116 cm³/mol. The Morgan fingerprint density at radius 2 is 1.00 bits per heavy atom. The van der Waals surface area contributed by atoms with Crippen LogP contribution in [-0.2, 0) is 6.54 Å². The summed E-state index contributed by atoms with van der Waals surface area (Å²) in [7, 11) is 0. The average Bonchev–Trinajstić information content (AvgIpc) is 2.65. The molecular formula is C25H46N+. The fraction of sp³-hybridized carbons (Fsp3) is 0.800. The summed E-state index contributed by atoms with van der Waals surface area (Å²) >= 11 is 0. The molecule has 0 radical (unpaired) electrons. The Morgan fingerprint density at radius 1 is 0.615 bits per heavy atom. The van der Waals surface area contributed by atoms with Gasteiger partial charge in [-0.2, -0.15) is 0 Å². The number of pyridine rings is 1. The van der Waals surface area contributed by atoms with Gasteiger partial charge in [0.1, 0.15) is 6.54 Å². The minimum absolute atomic E-state index is 0.635. The van der Waals surface area contributed by atoms with Crippen molar-refractivity contribution >= 4 is 0 Å². The van der Waals surface area contributed by atoms with Gasteiger partial charge < -0.3 is 0 Å². The highest BCUT2D eigenvalue weighted by Crippen LogP contribution is 2.13. The minimum Gasteiger partial charge on any atom is -0.205 e. The molecule has 0 saturated carbocycles. The zero-order valence-corrected chi connectivity index (χ0v) is 18.1. The molecular weight excluding hydrogens is 314 g/mol. The quantitative estimate of drug-likeness (QED) is 0.196. The van der Waals surface area contributed by atoms with Crippen molar-refractivity contribution in [1.29, 1.82) is 0 Å². The van der Waals surface area contributed by atoms with Crippen LogP contribution in [0.1, 0.15) is 129 Å². The van der Waals surface area contributed by atoms with E-state index in [0.29, 0.717) is 5.92 Å². The second-order valence-corrected chi connectivity index (χ2v) is 8.47. The van der Waals surface area contributed by atoms with Crippen LogP contribution >= 0.6 is 0 Å². The third-order valence-corrected chi connectivity index (χ3v) is 5.60. The predicted octanol–water partition coefficient (Wildman–Crippen LogP) is 7.97. The lowest BCUT2D eigenvalue weighted by Gasteiger charge is -2.04. The van der Waals surface area contributed by atoms with Crippen molar-refractivity contribution in [1.82, 2.24) is 0 Å². The van der Waals surface area contributed by atoms with Crippen LogP contribution in [0.4, 0.5) is 0 Å². The first-order chi connectivity index (χ1) is 12.7. The fourth-order valence-electron chi connectivity index (χ4n) is 3.67. The molecule has 1 rings (SSSR count). The van der Waals surface area contributed by atoms with Crippen molar-refractivity contribution in [2.75, 3.05) is 0 Å². The summed E-state index contributed by atoms with van der Waals surface area (Å²) in [4.78, 5) is 0. The molecule has 0 bridgehead atoms. The summed E-state index contributed by atoms with van der Waals surface area (Å²) in [5.74, 6) is 0.635.